The molecule has 0 aliphatic carbocycles. The SMILES string of the molecule is CCCC(=O)N[C@H]1C(O)O[C@H](COC(=S)c2ccccc2O)[C@@H](O)[C@@H]1O. The molecule has 26 heavy (non-hydrogen) atoms. The van der Waals surface area contributed by atoms with E-state index >= 15 is 0 Å². The number of carbonyl (C=O) groups is 1. The van der Waals surface area contributed by atoms with E-state index in [2.05, 4.69) is 5.32 Å². The molecule has 0 aromatic heterocycles. The average molecular weight is 385 g/mol. The highest BCUT2D eigenvalue weighted by atomic mass is 32.1. The summed E-state index contributed by atoms with van der Waals surface area (Å²) in [6, 6.07) is 5.18. The molecule has 8 nitrogen and oxygen atoms in total. The molecule has 5 atom stereocenters. The number of phenols is 1. The molecule has 1 heterocycles. The zero-order valence-electron chi connectivity index (χ0n) is 14.2. The third kappa shape index (κ3) is 4.89. The normalized spacial score (nSPS) is 28.4. The first-order valence-corrected chi connectivity index (χ1v) is 8.70. The van der Waals surface area contributed by atoms with Gasteiger partial charge in [0.2, 0.25) is 5.91 Å². The molecule has 1 aliphatic heterocycles. The van der Waals surface area contributed by atoms with Crippen molar-refractivity contribution in [3.05, 3.63) is 29.8 Å². The number of para-hydroxylation sites is 1. The molecule has 1 aromatic rings. The maximum Gasteiger partial charge on any atom is 0.220 e. The smallest absolute Gasteiger partial charge is 0.220 e. The fourth-order valence-electron chi connectivity index (χ4n) is 2.61. The fourth-order valence-corrected chi connectivity index (χ4v) is 2.85. The van der Waals surface area contributed by atoms with E-state index in [0.29, 0.717) is 12.0 Å². The van der Waals surface area contributed by atoms with E-state index in [9.17, 15) is 25.2 Å². The zero-order valence-corrected chi connectivity index (χ0v) is 15.1. The molecule has 1 saturated heterocycles. The molecule has 1 unspecified atom stereocenters. The number of hydrogen-bond donors (Lipinski definition) is 5. The second kappa shape index (κ2) is 9.24. The van der Waals surface area contributed by atoms with E-state index in [1.807, 2.05) is 6.92 Å². The van der Waals surface area contributed by atoms with Gasteiger partial charge in [-0.2, -0.15) is 0 Å². The van der Waals surface area contributed by atoms with E-state index in [1.54, 1.807) is 18.2 Å². The van der Waals surface area contributed by atoms with Gasteiger partial charge in [0, 0.05) is 6.42 Å². The van der Waals surface area contributed by atoms with Crippen LogP contribution >= 0.6 is 12.2 Å². The van der Waals surface area contributed by atoms with Crippen molar-refractivity contribution in [2.24, 2.45) is 0 Å². The summed E-state index contributed by atoms with van der Waals surface area (Å²) in [6.45, 7) is 1.57. The Labute approximate surface area is 156 Å². The Morgan fingerprint density at radius 1 is 1.27 bits per heavy atom. The number of carbonyl (C=O) groups excluding carboxylic acids is 1. The molecule has 1 fully saturated rings. The van der Waals surface area contributed by atoms with Gasteiger partial charge in [0.1, 0.15) is 36.7 Å². The quantitative estimate of drug-likeness (QED) is 0.426. The van der Waals surface area contributed by atoms with E-state index in [-0.39, 0.29) is 29.7 Å². The van der Waals surface area contributed by atoms with Crippen LogP contribution in [0.4, 0.5) is 0 Å². The summed E-state index contributed by atoms with van der Waals surface area (Å²) in [5, 5.41) is 42.6. The van der Waals surface area contributed by atoms with Gasteiger partial charge >= 0.3 is 0 Å². The predicted molar refractivity (Wildman–Crippen MR) is 95.5 cm³/mol. The average Bonchev–Trinajstić information content (AvgIpc) is 2.61. The number of benzene rings is 1. The van der Waals surface area contributed by atoms with E-state index < -0.39 is 30.6 Å². The summed E-state index contributed by atoms with van der Waals surface area (Å²) in [4.78, 5) is 11.7. The van der Waals surface area contributed by atoms with Crippen LogP contribution in [0.3, 0.4) is 0 Å². The molecule has 1 amide bonds. The van der Waals surface area contributed by atoms with Crippen molar-refractivity contribution in [2.75, 3.05) is 6.61 Å². The van der Waals surface area contributed by atoms with Crippen LogP contribution in [0.5, 0.6) is 5.75 Å². The number of nitrogens with one attached hydrogen (secondary N) is 1. The standard InChI is InChI=1S/C17H23NO7S/c1-2-5-12(20)18-13-15(22)14(21)11(25-16(13)23)8-24-17(26)9-6-3-4-7-10(9)19/h3-4,6-7,11,13-16,19,21-23H,2,5,8H2,1H3,(H,18,20)/t11-,13-,14-,15-,16?/m1/s1. The molecule has 2 rings (SSSR count). The number of aliphatic hydroxyl groups excluding tert-OH is 3. The fraction of sp³-hybridized carbons (Fsp3) is 0.529. The third-order valence-electron chi connectivity index (χ3n) is 4.03. The lowest BCUT2D eigenvalue weighted by Crippen LogP contribution is -2.64. The minimum Gasteiger partial charge on any atom is -0.507 e. The minimum absolute atomic E-state index is 0.0127. The molecule has 0 bridgehead atoms. The van der Waals surface area contributed by atoms with E-state index in [1.165, 1.54) is 6.07 Å². The van der Waals surface area contributed by atoms with Crippen molar-refractivity contribution in [3.8, 4) is 5.75 Å². The lowest BCUT2D eigenvalue weighted by molar-refractivity contribution is -0.252. The van der Waals surface area contributed by atoms with Crippen molar-refractivity contribution in [2.45, 2.75) is 50.4 Å². The van der Waals surface area contributed by atoms with Crippen molar-refractivity contribution < 1.29 is 34.7 Å². The first-order chi connectivity index (χ1) is 12.3. The summed E-state index contributed by atoms with van der Waals surface area (Å²) in [7, 11) is 0. The number of amides is 1. The van der Waals surface area contributed by atoms with Crippen molar-refractivity contribution in [1.29, 1.82) is 0 Å². The first kappa shape index (κ1) is 20.5. The molecule has 1 aliphatic rings. The number of hydrogen-bond acceptors (Lipinski definition) is 8. The molecule has 0 radical (unpaired) electrons. The van der Waals surface area contributed by atoms with Gasteiger partial charge in [0.25, 0.3) is 0 Å². The predicted octanol–water partition coefficient (Wildman–Crippen LogP) is -0.192. The monoisotopic (exact) mass is 385 g/mol. The topological polar surface area (TPSA) is 128 Å². The van der Waals surface area contributed by atoms with Crippen LogP contribution in [-0.2, 0) is 14.3 Å². The van der Waals surface area contributed by atoms with Crippen molar-refractivity contribution in [1.82, 2.24) is 5.32 Å². The largest absolute Gasteiger partial charge is 0.507 e. The third-order valence-corrected chi connectivity index (χ3v) is 4.37. The van der Waals surface area contributed by atoms with Crippen LogP contribution in [0, 0.1) is 0 Å². The van der Waals surface area contributed by atoms with Crippen LogP contribution in [-0.4, -0.2) is 68.6 Å². The van der Waals surface area contributed by atoms with Crippen molar-refractivity contribution >= 4 is 23.2 Å². The molecular formula is C17H23NO7S. The number of phenolic OH excluding ortho intramolecular Hbond substituents is 1. The lowest BCUT2D eigenvalue weighted by atomic mass is 9.97. The van der Waals surface area contributed by atoms with Gasteiger partial charge in [-0.1, -0.05) is 19.1 Å². The molecule has 9 heteroatoms. The Morgan fingerprint density at radius 3 is 2.62 bits per heavy atom. The second-order valence-corrected chi connectivity index (χ2v) is 6.38. The Morgan fingerprint density at radius 2 is 1.96 bits per heavy atom. The van der Waals surface area contributed by atoms with Crippen LogP contribution in [0.1, 0.15) is 25.3 Å². The van der Waals surface area contributed by atoms with Crippen LogP contribution in [0.2, 0.25) is 0 Å². The summed E-state index contributed by atoms with van der Waals surface area (Å²) >= 11 is 5.08. The summed E-state index contributed by atoms with van der Waals surface area (Å²) in [5.74, 6) is -0.414. The maximum absolute atomic E-state index is 11.7. The van der Waals surface area contributed by atoms with Gasteiger partial charge in [0.15, 0.2) is 11.3 Å². The van der Waals surface area contributed by atoms with Gasteiger partial charge in [-0.25, -0.2) is 0 Å². The highest BCUT2D eigenvalue weighted by Gasteiger charge is 2.44. The second-order valence-electron chi connectivity index (χ2n) is 6.01. The van der Waals surface area contributed by atoms with Crippen molar-refractivity contribution in [3.63, 3.8) is 0 Å². The van der Waals surface area contributed by atoms with Crippen LogP contribution < -0.4 is 5.32 Å². The summed E-state index contributed by atoms with van der Waals surface area (Å²) in [6.07, 6.45) is -4.59. The number of rotatable bonds is 6. The number of thiocarbonyl (C=S) groups is 1. The number of ether oxygens (including phenoxy) is 2. The van der Waals surface area contributed by atoms with E-state index in [4.69, 9.17) is 21.7 Å². The van der Waals surface area contributed by atoms with E-state index in [0.717, 1.165) is 0 Å². The Hall–Kier alpha value is -1.78. The van der Waals surface area contributed by atoms with Gasteiger partial charge in [-0.15, -0.1) is 0 Å². The molecule has 5 N–H and O–H groups in total. The van der Waals surface area contributed by atoms with Gasteiger partial charge in [-0.05, 0) is 30.8 Å². The zero-order chi connectivity index (χ0) is 19.3. The molecule has 1 aromatic carbocycles. The number of aromatic hydroxyl groups is 1. The van der Waals surface area contributed by atoms with Gasteiger partial charge in [-0.3, -0.25) is 4.79 Å². The Balaban J connectivity index is 1.95. The van der Waals surface area contributed by atoms with Gasteiger partial charge < -0.3 is 35.2 Å². The molecular weight excluding hydrogens is 362 g/mol. The summed E-state index contributed by atoms with van der Waals surface area (Å²) in [5.41, 5.74) is 0.304. The minimum atomic E-state index is -1.51. The number of aliphatic hydroxyl groups is 3. The molecule has 0 saturated carbocycles. The first-order valence-electron chi connectivity index (χ1n) is 8.29. The van der Waals surface area contributed by atoms with Gasteiger partial charge in [0.05, 0.1) is 5.56 Å². The molecule has 144 valence electrons. The summed E-state index contributed by atoms with van der Waals surface area (Å²) < 4.78 is 10.6. The lowest BCUT2D eigenvalue weighted by Gasteiger charge is -2.40. The Kier molecular flexibility index (Phi) is 7.30. The van der Waals surface area contributed by atoms with Crippen LogP contribution in [0.25, 0.3) is 0 Å². The Bertz CT molecular complexity index is 641. The van der Waals surface area contributed by atoms with Crippen LogP contribution in [0.15, 0.2) is 24.3 Å². The molecule has 0 spiro atoms. The highest BCUT2D eigenvalue weighted by Crippen LogP contribution is 2.22. The highest BCUT2D eigenvalue weighted by molar-refractivity contribution is 7.80. The maximum atomic E-state index is 11.7.